The Labute approximate surface area is 73.0 Å². The number of aryl methyl sites for hydroxylation is 1. The number of anilines is 1. The molecule has 0 amide bonds. The van der Waals surface area contributed by atoms with Gasteiger partial charge in [0, 0.05) is 18.8 Å². The summed E-state index contributed by atoms with van der Waals surface area (Å²) in [6.07, 6.45) is 0. The molecule has 0 radical (unpaired) electrons. The molecule has 0 aliphatic carbocycles. The number of nitrogens with one attached hydrogen (secondary N) is 1. The minimum Gasteiger partial charge on any atom is -0.373 e. The fourth-order valence-corrected chi connectivity index (χ4v) is 1.19. The summed E-state index contributed by atoms with van der Waals surface area (Å²) < 4.78 is 0. The lowest BCUT2D eigenvalue weighted by Gasteiger charge is -2.09. The second-order valence-electron chi connectivity index (χ2n) is 2.91. The molecule has 1 rings (SSSR count). The molecule has 3 N–H and O–H groups in total. The molecule has 0 aliphatic heterocycles. The number of hydrogen-bond acceptors (Lipinski definition) is 3. The highest BCUT2D eigenvalue weighted by atomic mass is 15.0. The smallest absolute Gasteiger partial charge is 0.125 e. The second-order valence-corrected chi connectivity index (χ2v) is 2.91. The monoisotopic (exact) mass is 165 g/mol. The lowest BCUT2D eigenvalue weighted by Crippen LogP contribution is -2.08. The van der Waals surface area contributed by atoms with E-state index in [1.807, 2.05) is 33.0 Å². The molecule has 3 nitrogen and oxygen atoms in total. The van der Waals surface area contributed by atoms with Crippen LogP contribution in [0.4, 0.5) is 5.82 Å². The molecule has 0 unspecified atom stereocenters. The van der Waals surface area contributed by atoms with Crippen molar-refractivity contribution in [3.8, 4) is 0 Å². The van der Waals surface area contributed by atoms with E-state index in [2.05, 4.69) is 10.3 Å². The second kappa shape index (κ2) is 3.54. The summed E-state index contributed by atoms with van der Waals surface area (Å²) in [5, 5.41) is 2.98. The van der Waals surface area contributed by atoms with Crippen LogP contribution < -0.4 is 11.1 Å². The molecule has 3 heteroatoms. The van der Waals surface area contributed by atoms with Crippen molar-refractivity contribution in [1.29, 1.82) is 0 Å². The van der Waals surface area contributed by atoms with E-state index in [0.29, 0.717) is 0 Å². The maximum atomic E-state index is 5.75. The topological polar surface area (TPSA) is 50.9 Å². The third kappa shape index (κ3) is 1.74. The average molecular weight is 165 g/mol. The van der Waals surface area contributed by atoms with Crippen molar-refractivity contribution in [1.82, 2.24) is 4.98 Å². The number of nitrogens with zero attached hydrogens (tertiary/aromatic N) is 1. The van der Waals surface area contributed by atoms with Crippen LogP contribution in [0.2, 0.25) is 0 Å². The zero-order valence-corrected chi connectivity index (χ0v) is 7.76. The molecule has 0 saturated heterocycles. The van der Waals surface area contributed by atoms with Crippen LogP contribution in [-0.2, 0) is 0 Å². The molecule has 12 heavy (non-hydrogen) atoms. The molecular formula is C9H15N3. The van der Waals surface area contributed by atoms with Gasteiger partial charge in [0.25, 0.3) is 0 Å². The van der Waals surface area contributed by atoms with Gasteiger partial charge in [0.05, 0.1) is 0 Å². The number of aromatic nitrogens is 1. The molecule has 0 fully saturated rings. The molecule has 1 heterocycles. The van der Waals surface area contributed by atoms with E-state index in [1.165, 1.54) is 0 Å². The van der Waals surface area contributed by atoms with Gasteiger partial charge in [0.2, 0.25) is 0 Å². The van der Waals surface area contributed by atoms with Gasteiger partial charge in [-0.05, 0) is 25.5 Å². The number of rotatable bonds is 2. The first-order valence-corrected chi connectivity index (χ1v) is 4.06. The van der Waals surface area contributed by atoms with Crippen molar-refractivity contribution in [2.45, 2.75) is 19.9 Å². The predicted octanol–water partition coefficient (Wildman–Crippen LogP) is 1.45. The summed E-state index contributed by atoms with van der Waals surface area (Å²) in [5.74, 6) is 0.886. The summed E-state index contributed by atoms with van der Waals surface area (Å²) >= 11 is 0. The quantitative estimate of drug-likeness (QED) is 0.697. The van der Waals surface area contributed by atoms with Crippen molar-refractivity contribution in [3.63, 3.8) is 0 Å². The third-order valence-electron chi connectivity index (χ3n) is 1.87. The maximum Gasteiger partial charge on any atom is 0.125 e. The minimum atomic E-state index is 0.0587. The summed E-state index contributed by atoms with van der Waals surface area (Å²) in [7, 11) is 1.85. The van der Waals surface area contributed by atoms with E-state index in [9.17, 15) is 0 Å². The Morgan fingerprint density at radius 1 is 1.50 bits per heavy atom. The summed E-state index contributed by atoms with van der Waals surface area (Å²) in [5.41, 5.74) is 7.85. The number of nitrogens with two attached hydrogens (primary N) is 1. The Bertz CT molecular complexity index is 268. The predicted molar refractivity (Wildman–Crippen MR) is 51.1 cm³/mol. The maximum absolute atomic E-state index is 5.75. The molecule has 0 aromatic carbocycles. The van der Waals surface area contributed by atoms with Crippen LogP contribution in [0.5, 0.6) is 0 Å². The van der Waals surface area contributed by atoms with Gasteiger partial charge in [-0.15, -0.1) is 0 Å². The van der Waals surface area contributed by atoms with Gasteiger partial charge >= 0.3 is 0 Å². The van der Waals surface area contributed by atoms with Crippen LogP contribution in [0.25, 0.3) is 0 Å². The molecule has 1 aromatic rings. The van der Waals surface area contributed by atoms with Crippen molar-refractivity contribution in [2.24, 2.45) is 5.73 Å². The standard InChI is InChI=1S/C9H15N3/c1-6(10)8-4-5-9(11-3)12-7(8)2/h4-6H,10H2,1-3H3,(H,11,12)/t6-/m1/s1. The van der Waals surface area contributed by atoms with Gasteiger partial charge in [0.15, 0.2) is 0 Å². The Balaban J connectivity index is 3.03. The minimum absolute atomic E-state index is 0.0587. The third-order valence-corrected chi connectivity index (χ3v) is 1.87. The summed E-state index contributed by atoms with van der Waals surface area (Å²) in [4.78, 5) is 4.32. The molecule has 66 valence electrons. The summed E-state index contributed by atoms with van der Waals surface area (Å²) in [6, 6.07) is 4.01. The first-order valence-electron chi connectivity index (χ1n) is 4.06. The van der Waals surface area contributed by atoms with Crippen LogP contribution in [0.1, 0.15) is 24.2 Å². The molecule has 0 aliphatic rings. The van der Waals surface area contributed by atoms with Gasteiger partial charge in [-0.1, -0.05) is 6.07 Å². The van der Waals surface area contributed by atoms with Crippen molar-refractivity contribution in [3.05, 3.63) is 23.4 Å². The molecule has 0 spiro atoms. The SMILES string of the molecule is CNc1ccc([C@@H](C)N)c(C)n1. The highest BCUT2D eigenvalue weighted by Crippen LogP contribution is 2.15. The first kappa shape index (κ1) is 9.00. The first-order chi connectivity index (χ1) is 5.65. The van der Waals surface area contributed by atoms with Crippen LogP contribution in [0.15, 0.2) is 12.1 Å². The van der Waals surface area contributed by atoms with E-state index in [0.717, 1.165) is 17.1 Å². The van der Waals surface area contributed by atoms with Crippen molar-refractivity contribution < 1.29 is 0 Å². The number of pyridine rings is 1. The summed E-state index contributed by atoms with van der Waals surface area (Å²) in [6.45, 7) is 3.93. The average Bonchev–Trinajstić information content (AvgIpc) is 2.03. The van der Waals surface area contributed by atoms with Gasteiger partial charge < -0.3 is 11.1 Å². The molecule has 0 saturated carbocycles. The van der Waals surface area contributed by atoms with Crippen LogP contribution in [0.3, 0.4) is 0 Å². The van der Waals surface area contributed by atoms with Gasteiger partial charge in [-0.2, -0.15) is 0 Å². The molecule has 0 bridgehead atoms. The van der Waals surface area contributed by atoms with E-state index in [-0.39, 0.29) is 6.04 Å². The van der Waals surface area contributed by atoms with Crippen LogP contribution >= 0.6 is 0 Å². The van der Waals surface area contributed by atoms with Crippen molar-refractivity contribution in [2.75, 3.05) is 12.4 Å². The Morgan fingerprint density at radius 3 is 2.58 bits per heavy atom. The highest BCUT2D eigenvalue weighted by molar-refractivity contribution is 5.38. The molecular weight excluding hydrogens is 150 g/mol. The number of hydrogen-bond donors (Lipinski definition) is 2. The Kier molecular flexibility index (Phi) is 2.65. The van der Waals surface area contributed by atoms with Crippen LogP contribution in [0, 0.1) is 6.92 Å². The fourth-order valence-electron chi connectivity index (χ4n) is 1.19. The normalized spacial score (nSPS) is 12.7. The Morgan fingerprint density at radius 2 is 2.17 bits per heavy atom. The van der Waals surface area contributed by atoms with E-state index < -0.39 is 0 Å². The zero-order valence-electron chi connectivity index (χ0n) is 7.76. The lowest BCUT2D eigenvalue weighted by atomic mass is 10.1. The van der Waals surface area contributed by atoms with E-state index in [1.54, 1.807) is 0 Å². The van der Waals surface area contributed by atoms with E-state index >= 15 is 0 Å². The van der Waals surface area contributed by atoms with Crippen molar-refractivity contribution >= 4 is 5.82 Å². The molecule has 1 aromatic heterocycles. The van der Waals surface area contributed by atoms with Gasteiger partial charge in [-0.25, -0.2) is 4.98 Å². The largest absolute Gasteiger partial charge is 0.373 e. The zero-order chi connectivity index (χ0) is 9.14. The lowest BCUT2D eigenvalue weighted by molar-refractivity contribution is 0.800. The highest BCUT2D eigenvalue weighted by Gasteiger charge is 2.04. The molecule has 1 atom stereocenters. The van der Waals surface area contributed by atoms with E-state index in [4.69, 9.17) is 5.73 Å². The van der Waals surface area contributed by atoms with Gasteiger partial charge in [0.1, 0.15) is 5.82 Å². The van der Waals surface area contributed by atoms with Gasteiger partial charge in [-0.3, -0.25) is 0 Å². The van der Waals surface area contributed by atoms with Crippen LogP contribution in [-0.4, -0.2) is 12.0 Å². The fraction of sp³-hybridized carbons (Fsp3) is 0.444. The Hall–Kier alpha value is -1.09.